The van der Waals surface area contributed by atoms with Crippen molar-refractivity contribution in [3.63, 3.8) is 0 Å². The minimum Gasteiger partial charge on any atom is -0.349 e. The minimum absolute atomic E-state index is 0.179. The van der Waals surface area contributed by atoms with Gasteiger partial charge in [0.2, 0.25) is 11.6 Å². The second-order valence-corrected chi connectivity index (χ2v) is 4.94. The average molecular weight is 267 g/mol. The van der Waals surface area contributed by atoms with Gasteiger partial charge in [-0.3, -0.25) is 14.1 Å². The first-order valence-electron chi connectivity index (χ1n) is 4.56. The third kappa shape index (κ3) is 2.39. The number of nitrogens with two attached hydrogens (primary N) is 1. The summed E-state index contributed by atoms with van der Waals surface area (Å²) in [5.41, 5.74) is 3.51. The number of hydrogen-bond donors (Lipinski definition) is 3. The number of carbonyl (C=O) groups is 2. The van der Waals surface area contributed by atoms with Crippen LogP contribution in [0.2, 0.25) is 0 Å². The molecule has 98 valence electrons. The number of β-lactam (4-membered cyclic amide) rings is 1. The molecule has 9 nitrogen and oxygen atoms in total. The summed E-state index contributed by atoms with van der Waals surface area (Å²) in [5, 5.41) is 2.18. The minimum atomic E-state index is -4.63. The highest BCUT2D eigenvalue weighted by Crippen LogP contribution is 2.26. The summed E-state index contributed by atoms with van der Waals surface area (Å²) in [7, 11) is -3.51. The molecule has 0 bridgehead atoms. The third-order valence-electron chi connectivity index (χ3n) is 2.30. The van der Waals surface area contributed by atoms with E-state index in [2.05, 4.69) is 5.32 Å². The maximum absolute atomic E-state index is 11.5. The Morgan fingerprint density at radius 3 is 2.53 bits per heavy atom. The average Bonchev–Trinajstić information content (AvgIpc) is 2.20. The van der Waals surface area contributed by atoms with Crippen LogP contribution in [0.25, 0.3) is 0 Å². The van der Waals surface area contributed by atoms with Gasteiger partial charge in [-0.05, 0) is 6.92 Å². The van der Waals surface area contributed by atoms with Gasteiger partial charge in [0, 0.05) is 7.11 Å². The predicted molar refractivity (Wildman–Crippen MR) is 54.8 cm³/mol. The molecule has 2 amide bonds. The van der Waals surface area contributed by atoms with E-state index in [1.165, 1.54) is 6.92 Å². The molecule has 17 heavy (non-hydrogen) atoms. The van der Waals surface area contributed by atoms with Crippen LogP contribution >= 0.6 is 0 Å². The van der Waals surface area contributed by atoms with E-state index in [1.807, 2.05) is 0 Å². The number of amides is 2. The summed E-state index contributed by atoms with van der Waals surface area (Å²) in [5.74, 6) is -1.74. The Labute approximate surface area is 97.8 Å². The van der Waals surface area contributed by atoms with Gasteiger partial charge in [-0.1, -0.05) is 0 Å². The highest BCUT2D eigenvalue weighted by Gasteiger charge is 2.58. The van der Waals surface area contributed by atoms with Crippen molar-refractivity contribution in [2.24, 2.45) is 5.73 Å². The summed E-state index contributed by atoms with van der Waals surface area (Å²) in [4.78, 5) is 22.8. The molecule has 1 aliphatic heterocycles. The van der Waals surface area contributed by atoms with Gasteiger partial charge in [0.1, 0.15) is 0 Å². The normalized spacial score (nSPS) is 26.4. The van der Waals surface area contributed by atoms with Crippen molar-refractivity contribution in [2.75, 3.05) is 13.7 Å². The Morgan fingerprint density at radius 1 is 1.71 bits per heavy atom. The Bertz CT molecular complexity index is 447. The summed E-state index contributed by atoms with van der Waals surface area (Å²) in [6.07, 6.45) is 0. The Balaban J connectivity index is 2.84. The van der Waals surface area contributed by atoms with Gasteiger partial charge in [-0.25, -0.2) is 4.31 Å². The molecule has 1 aliphatic rings. The molecule has 1 fully saturated rings. The fourth-order valence-electron chi connectivity index (χ4n) is 1.25. The molecule has 0 aliphatic carbocycles. The van der Waals surface area contributed by atoms with Crippen molar-refractivity contribution >= 4 is 22.1 Å². The fraction of sp³-hybridized carbons (Fsp3) is 0.714. The number of carbonyl (C=O) groups excluding carboxylic acids is 2. The van der Waals surface area contributed by atoms with Crippen LogP contribution in [0.15, 0.2) is 0 Å². The lowest BCUT2D eigenvalue weighted by molar-refractivity contribution is -0.180. The SMILES string of the molecule is CO[C@]1(NC(=O)C(C)N)CN(S(=O)(=O)O)C1=O. The van der Waals surface area contributed by atoms with Gasteiger partial charge >= 0.3 is 10.3 Å². The molecule has 0 aromatic rings. The van der Waals surface area contributed by atoms with Crippen LogP contribution in [0.1, 0.15) is 6.92 Å². The van der Waals surface area contributed by atoms with Gasteiger partial charge in [0.25, 0.3) is 5.91 Å². The van der Waals surface area contributed by atoms with E-state index in [0.29, 0.717) is 0 Å². The van der Waals surface area contributed by atoms with E-state index in [0.717, 1.165) is 7.11 Å². The standard InChI is InChI=1S/C7H13N3O6S/c1-4(8)5(11)9-7(16-2)3-10(6(7)12)17(13,14)15/h4H,3,8H2,1-2H3,(H,9,11)(H,13,14,15)/t4?,7-/m1/s1. The van der Waals surface area contributed by atoms with Crippen LogP contribution in [-0.4, -0.2) is 54.5 Å². The smallest absolute Gasteiger partial charge is 0.349 e. The first-order chi connectivity index (χ1) is 7.64. The Morgan fingerprint density at radius 2 is 2.24 bits per heavy atom. The molecule has 2 atom stereocenters. The molecule has 1 heterocycles. The molecular formula is C7H13N3O6S. The Hall–Kier alpha value is -1.23. The number of ether oxygens (including phenoxy) is 1. The van der Waals surface area contributed by atoms with Crippen LogP contribution in [0.4, 0.5) is 0 Å². The van der Waals surface area contributed by atoms with Crippen molar-refractivity contribution in [3.05, 3.63) is 0 Å². The first kappa shape index (κ1) is 13.8. The second kappa shape index (κ2) is 4.22. The second-order valence-electron chi connectivity index (χ2n) is 3.60. The summed E-state index contributed by atoms with van der Waals surface area (Å²) >= 11 is 0. The number of nitrogens with one attached hydrogen (secondary N) is 1. The lowest BCUT2D eigenvalue weighted by Gasteiger charge is -2.45. The van der Waals surface area contributed by atoms with E-state index >= 15 is 0 Å². The molecule has 0 saturated carbocycles. The summed E-state index contributed by atoms with van der Waals surface area (Å²) < 4.78 is 35.0. The first-order valence-corrected chi connectivity index (χ1v) is 5.96. The molecule has 0 radical (unpaired) electrons. The number of hydrogen-bond acceptors (Lipinski definition) is 6. The van der Waals surface area contributed by atoms with E-state index in [1.54, 1.807) is 0 Å². The van der Waals surface area contributed by atoms with Gasteiger partial charge in [-0.2, -0.15) is 8.42 Å². The molecular weight excluding hydrogens is 254 g/mol. The topological polar surface area (TPSA) is 139 Å². The van der Waals surface area contributed by atoms with E-state index in [9.17, 15) is 18.0 Å². The third-order valence-corrected chi connectivity index (χ3v) is 3.16. The quantitative estimate of drug-likeness (QED) is 0.289. The lowest BCUT2D eigenvalue weighted by atomic mass is 10.1. The number of nitrogens with zero attached hydrogens (tertiary/aromatic N) is 1. The zero-order valence-corrected chi connectivity index (χ0v) is 10.0. The van der Waals surface area contributed by atoms with Crippen molar-refractivity contribution in [1.82, 2.24) is 9.62 Å². The van der Waals surface area contributed by atoms with Crippen LogP contribution in [0, 0.1) is 0 Å². The van der Waals surface area contributed by atoms with Gasteiger partial charge in [0.15, 0.2) is 0 Å². The molecule has 4 N–H and O–H groups in total. The Kier molecular flexibility index (Phi) is 3.43. The summed E-state index contributed by atoms with van der Waals surface area (Å²) in [6, 6.07) is -0.880. The van der Waals surface area contributed by atoms with E-state index in [4.69, 9.17) is 15.0 Å². The van der Waals surface area contributed by atoms with Crippen molar-refractivity contribution in [1.29, 1.82) is 0 Å². The summed E-state index contributed by atoms with van der Waals surface area (Å²) in [6.45, 7) is 0.891. The van der Waals surface area contributed by atoms with Crippen molar-refractivity contribution in [3.8, 4) is 0 Å². The molecule has 1 unspecified atom stereocenters. The zero-order valence-electron chi connectivity index (χ0n) is 9.21. The molecule has 10 heteroatoms. The van der Waals surface area contributed by atoms with Crippen LogP contribution in [0.3, 0.4) is 0 Å². The van der Waals surface area contributed by atoms with Gasteiger partial charge in [0.05, 0.1) is 12.6 Å². The molecule has 0 spiro atoms. The zero-order chi connectivity index (χ0) is 13.4. The van der Waals surface area contributed by atoms with Gasteiger partial charge in [-0.15, -0.1) is 0 Å². The van der Waals surface area contributed by atoms with Gasteiger partial charge < -0.3 is 15.8 Å². The van der Waals surface area contributed by atoms with Crippen LogP contribution < -0.4 is 11.1 Å². The predicted octanol–water partition coefficient (Wildman–Crippen LogP) is -2.56. The van der Waals surface area contributed by atoms with Crippen molar-refractivity contribution < 1.29 is 27.3 Å². The monoisotopic (exact) mass is 267 g/mol. The fourth-order valence-corrected chi connectivity index (χ4v) is 1.95. The van der Waals surface area contributed by atoms with Crippen LogP contribution in [0.5, 0.6) is 0 Å². The van der Waals surface area contributed by atoms with E-state index < -0.39 is 40.4 Å². The maximum Gasteiger partial charge on any atom is 0.362 e. The largest absolute Gasteiger partial charge is 0.362 e. The van der Waals surface area contributed by atoms with Crippen molar-refractivity contribution in [2.45, 2.75) is 18.7 Å². The number of rotatable bonds is 4. The molecule has 1 rings (SSSR count). The molecule has 0 aromatic heterocycles. The highest BCUT2D eigenvalue weighted by atomic mass is 32.2. The molecule has 0 aromatic carbocycles. The number of methoxy groups -OCH3 is 1. The van der Waals surface area contributed by atoms with Crippen LogP contribution in [-0.2, 0) is 24.6 Å². The lowest BCUT2D eigenvalue weighted by Crippen LogP contribution is -2.76. The highest BCUT2D eigenvalue weighted by molar-refractivity contribution is 7.84. The van der Waals surface area contributed by atoms with E-state index in [-0.39, 0.29) is 4.31 Å². The maximum atomic E-state index is 11.5. The molecule has 1 saturated heterocycles.